The number of hydrogen-bond acceptors (Lipinski definition) is 3. The number of fused-ring (bicyclic) bond motifs is 3. The van der Waals surface area contributed by atoms with Crippen molar-refractivity contribution in [2.45, 2.75) is 26.2 Å². The molecule has 0 fully saturated rings. The molecule has 1 aromatic carbocycles. The fourth-order valence-electron chi connectivity index (χ4n) is 2.34. The third kappa shape index (κ3) is 1.70. The first-order valence-corrected chi connectivity index (χ1v) is 6.13. The third-order valence-electron chi connectivity index (χ3n) is 3.30. The second kappa shape index (κ2) is 4.29. The number of hydrogen-bond donors (Lipinski definition) is 1. The minimum Gasteiger partial charge on any atom is -0.443 e. The van der Waals surface area contributed by atoms with E-state index in [2.05, 4.69) is 16.4 Å². The molecule has 1 aliphatic carbocycles. The van der Waals surface area contributed by atoms with Crippen LogP contribution in [-0.4, -0.2) is 10.9 Å². The van der Waals surface area contributed by atoms with E-state index in [1.807, 2.05) is 13.0 Å². The molecule has 0 radical (unpaired) electrons. The van der Waals surface area contributed by atoms with Crippen molar-refractivity contribution in [2.75, 3.05) is 0 Å². The monoisotopic (exact) mass is 242 g/mol. The Labute approximate surface area is 105 Å². The minimum absolute atomic E-state index is 0.0284. The number of amides is 1. The van der Waals surface area contributed by atoms with Gasteiger partial charge >= 0.3 is 0 Å². The van der Waals surface area contributed by atoms with E-state index in [0.717, 1.165) is 35.1 Å². The zero-order chi connectivity index (χ0) is 12.5. The number of aryl methyl sites for hydroxylation is 1. The van der Waals surface area contributed by atoms with Gasteiger partial charge in [0, 0.05) is 18.2 Å². The van der Waals surface area contributed by atoms with E-state index >= 15 is 0 Å². The minimum atomic E-state index is 0.0284. The Morgan fingerprint density at radius 3 is 3.22 bits per heavy atom. The zero-order valence-corrected chi connectivity index (χ0v) is 10.2. The Bertz CT molecular complexity index is 640. The summed E-state index contributed by atoms with van der Waals surface area (Å²) in [6, 6.07) is 4.06. The van der Waals surface area contributed by atoms with Gasteiger partial charge in [0.1, 0.15) is 5.52 Å². The van der Waals surface area contributed by atoms with E-state index < -0.39 is 0 Å². The molecule has 1 aliphatic rings. The van der Waals surface area contributed by atoms with E-state index in [-0.39, 0.29) is 5.91 Å². The van der Waals surface area contributed by atoms with Gasteiger partial charge in [-0.1, -0.05) is 13.0 Å². The second-order valence-corrected chi connectivity index (χ2v) is 4.39. The summed E-state index contributed by atoms with van der Waals surface area (Å²) in [5.74, 6) is 0.0284. The lowest BCUT2D eigenvalue weighted by molar-refractivity contribution is -0.119. The van der Waals surface area contributed by atoms with Crippen LogP contribution in [0.2, 0.25) is 0 Å². The first kappa shape index (κ1) is 11.0. The SMILES string of the molecule is CCC(=O)N/C=C1\CCc2ccc3ncoc3c21. The fraction of sp³-hybridized carbons (Fsp3) is 0.286. The highest BCUT2D eigenvalue weighted by atomic mass is 16.3. The molecule has 0 unspecified atom stereocenters. The maximum Gasteiger partial charge on any atom is 0.223 e. The molecule has 3 rings (SSSR count). The number of oxazole rings is 1. The van der Waals surface area contributed by atoms with Gasteiger partial charge in [0.05, 0.1) is 0 Å². The molecule has 1 amide bonds. The van der Waals surface area contributed by atoms with E-state index in [4.69, 9.17) is 4.42 Å². The predicted molar refractivity (Wildman–Crippen MR) is 68.7 cm³/mol. The summed E-state index contributed by atoms with van der Waals surface area (Å²) in [7, 11) is 0. The van der Waals surface area contributed by atoms with Gasteiger partial charge in [-0.15, -0.1) is 0 Å². The maximum absolute atomic E-state index is 11.3. The van der Waals surface area contributed by atoms with Crippen molar-refractivity contribution >= 4 is 22.6 Å². The maximum atomic E-state index is 11.3. The number of rotatable bonds is 2. The third-order valence-corrected chi connectivity index (χ3v) is 3.30. The topological polar surface area (TPSA) is 55.1 Å². The van der Waals surface area contributed by atoms with Crippen molar-refractivity contribution in [1.82, 2.24) is 10.3 Å². The highest BCUT2D eigenvalue weighted by Gasteiger charge is 2.21. The Kier molecular flexibility index (Phi) is 2.63. The number of allylic oxidation sites excluding steroid dienone is 1. The van der Waals surface area contributed by atoms with Crippen molar-refractivity contribution < 1.29 is 9.21 Å². The van der Waals surface area contributed by atoms with Crippen LogP contribution in [0.1, 0.15) is 30.9 Å². The van der Waals surface area contributed by atoms with Gasteiger partial charge in [0.2, 0.25) is 5.91 Å². The highest BCUT2D eigenvalue weighted by Crippen LogP contribution is 2.36. The smallest absolute Gasteiger partial charge is 0.223 e. The van der Waals surface area contributed by atoms with Crippen LogP contribution >= 0.6 is 0 Å². The molecule has 0 saturated carbocycles. The van der Waals surface area contributed by atoms with Crippen molar-refractivity contribution in [2.24, 2.45) is 0 Å². The molecule has 0 atom stereocenters. The summed E-state index contributed by atoms with van der Waals surface area (Å²) >= 11 is 0. The molecule has 1 heterocycles. The molecule has 18 heavy (non-hydrogen) atoms. The Morgan fingerprint density at radius 1 is 1.50 bits per heavy atom. The van der Waals surface area contributed by atoms with E-state index in [1.54, 1.807) is 6.20 Å². The molecule has 4 nitrogen and oxygen atoms in total. The molecule has 0 spiro atoms. The lowest BCUT2D eigenvalue weighted by Crippen LogP contribution is -2.15. The van der Waals surface area contributed by atoms with Gasteiger partial charge < -0.3 is 9.73 Å². The lowest BCUT2D eigenvalue weighted by Gasteiger charge is -2.02. The molecule has 0 bridgehead atoms. The predicted octanol–water partition coefficient (Wildman–Crippen LogP) is 2.64. The van der Waals surface area contributed by atoms with Crippen molar-refractivity contribution in [3.63, 3.8) is 0 Å². The van der Waals surface area contributed by atoms with Gasteiger partial charge in [-0.2, -0.15) is 0 Å². The molecule has 1 aromatic heterocycles. The number of nitrogens with one attached hydrogen (secondary N) is 1. The normalized spacial score (nSPS) is 16.2. The van der Waals surface area contributed by atoms with Crippen molar-refractivity contribution in [1.29, 1.82) is 0 Å². The molecular formula is C14H14N2O2. The van der Waals surface area contributed by atoms with Crippen LogP contribution in [-0.2, 0) is 11.2 Å². The van der Waals surface area contributed by atoms with Gasteiger partial charge in [0.15, 0.2) is 12.0 Å². The number of benzene rings is 1. The second-order valence-electron chi connectivity index (χ2n) is 4.39. The largest absolute Gasteiger partial charge is 0.443 e. The van der Waals surface area contributed by atoms with Crippen LogP contribution in [0, 0.1) is 0 Å². The number of aromatic nitrogens is 1. The van der Waals surface area contributed by atoms with Crippen LogP contribution in [0.25, 0.3) is 16.7 Å². The van der Waals surface area contributed by atoms with Gasteiger partial charge in [-0.3, -0.25) is 4.79 Å². The molecule has 0 aliphatic heterocycles. The summed E-state index contributed by atoms with van der Waals surface area (Å²) in [4.78, 5) is 15.5. The summed E-state index contributed by atoms with van der Waals surface area (Å²) in [6.45, 7) is 1.84. The van der Waals surface area contributed by atoms with Crippen LogP contribution in [0.3, 0.4) is 0 Å². The quantitative estimate of drug-likeness (QED) is 0.880. The Hall–Kier alpha value is -2.10. The molecular weight excluding hydrogens is 228 g/mol. The van der Waals surface area contributed by atoms with Crippen molar-refractivity contribution in [3.8, 4) is 0 Å². The molecule has 4 heteroatoms. The average Bonchev–Trinajstić information content (AvgIpc) is 3.01. The lowest BCUT2D eigenvalue weighted by atomic mass is 10.1. The number of carbonyl (C=O) groups is 1. The fourth-order valence-corrected chi connectivity index (χ4v) is 2.34. The summed E-state index contributed by atoms with van der Waals surface area (Å²) in [5, 5.41) is 2.81. The summed E-state index contributed by atoms with van der Waals surface area (Å²) in [6.07, 6.45) is 5.67. The number of nitrogens with zero attached hydrogens (tertiary/aromatic N) is 1. The van der Waals surface area contributed by atoms with Gasteiger partial charge in [0.25, 0.3) is 0 Å². The Balaban J connectivity index is 2.04. The van der Waals surface area contributed by atoms with Crippen LogP contribution in [0.4, 0.5) is 0 Å². The van der Waals surface area contributed by atoms with E-state index in [9.17, 15) is 4.79 Å². The molecule has 1 N–H and O–H groups in total. The number of carbonyl (C=O) groups excluding carboxylic acids is 1. The average molecular weight is 242 g/mol. The first-order chi connectivity index (χ1) is 8.79. The molecule has 0 saturated heterocycles. The standard InChI is InChI=1S/C14H14N2O2/c1-2-12(17)15-7-10-4-3-9-5-6-11-14(13(9)10)18-8-16-11/h5-8H,2-4H2,1H3,(H,15,17)/b10-7+. The van der Waals surface area contributed by atoms with Crippen LogP contribution in [0.5, 0.6) is 0 Å². The Morgan fingerprint density at radius 2 is 2.39 bits per heavy atom. The molecule has 92 valence electrons. The first-order valence-electron chi connectivity index (χ1n) is 6.13. The van der Waals surface area contributed by atoms with Crippen LogP contribution in [0.15, 0.2) is 29.1 Å². The summed E-state index contributed by atoms with van der Waals surface area (Å²) in [5.41, 5.74) is 5.16. The van der Waals surface area contributed by atoms with Crippen molar-refractivity contribution in [3.05, 3.63) is 35.9 Å². The zero-order valence-electron chi connectivity index (χ0n) is 10.2. The van der Waals surface area contributed by atoms with E-state index in [1.165, 1.54) is 12.0 Å². The van der Waals surface area contributed by atoms with Gasteiger partial charge in [-0.05, 0) is 30.0 Å². The van der Waals surface area contributed by atoms with Crippen LogP contribution < -0.4 is 5.32 Å². The summed E-state index contributed by atoms with van der Waals surface area (Å²) < 4.78 is 5.46. The highest BCUT2D eigenvalue weighted by molar-refractivity contribution is 5.92. The van der Waals surface area contributed by atoms with Gasteiger partial charge in [-0.25, -0.2) is 4.98 Å². The van der Waals surface area contributed by atoms with E-state index in [0.29, 0.717) is 6.42 Å². The molecule has 2 aromatic rings.